The van der Waals surface area contributed by atoms with Gasteiger partial charge in [-0.2, -0.15) is 5.10 Å². The molecule has 3 aromatic rings. The van der Waals surface area contributed by atoms with Gasteiger partial charge in [0.15, 0.2) is 0 Å². The molecular formula is C22H18ClN3O2. The van der Waals surface area contributed by atoms with Crippen LogP contribution in [0.4, 0.5) is 0 Å². The monoisotopic (exact) mass is 391 g/mol. The van der Waals surface area contributed by atoms with Crippen molar-refractivity contribution in [3.8, 4) is 11.5 Å². The van der Waals surface area contributed by atoms with E-state index in [9.17, 15) is 5.11 Å². The first-order valence-corrected chi connectivity index (χ1v) is 9.51. The number of hydrogen-bond donors (Lipinski definition) is 1. The third-order valence-electron chi connectivity index (χ3n) is 5.16. The zero-order valence-corrected chi connectivity index (χ0v) is 16.0. The lowest BCUT2D eigenvalue weighted by atomic mass is 9.95. The van der Waals surface area contributed by atoms with Gasteiger partial charge in [-0.15, -0.1) is 0 Å². The number of phenols is 1. The molecule has 0 radical (unpaired) electrons. The predicted molar refractivity (Wildman–Crippen MR) is 108 cm³/mol. The number of hydrazone groups is 1. The summed E-state index contributed by atoms with van der Waals surface area (Å²) in [5, 5.41) is 17.8. The minimum atomic E-state index is -0.440. The molecule has 6 heteroatoms. The van der Waals surface area contributed by atoms with Gasteiger partial charge in [-0.05, 0) is 49.4 Å². The maximum Gasteiger partial charge on any atom is 0.230 e. The number of halogens is 1. The molecule has 0 saturated carbocycles. The Morgan fingerprint density at radius 3 is 2.86 bits per heavy atom. The van der Waals surface area contributed by atoms with Gasteiger partial charge in [0.05, 0.1) is 11.8 Å². The number of rotatable bonds is 2. The minimum absolute atomic E-state index is 0.0376. The number of aromatic nitrogens is 1. The average molecular weight is 392 g/mol. The van der Waals surface area contributed by atoms with Crippen molar-refractivity contribution in [2.45, 2.75) is 25.6 Å². The van der Waals surface area contributed by atoms with Crippen molar-refractivity contribution in [1.29, 1.82) is 0 Å². The van der Waals surface area contributed by atoms with E-state index >= 15 is 0 Å². The van der Waals surface area contributed by atoms with Crippen molar-refractivity contribution < 1.29 is 9.84 Å². The molecule has 1 aromatic heterocycles. The summed E-state index contributed by atoms with van der Waals surface area (Å²) in [6.07, 6.45) is 1.96. The Hall–Kier alpha value is -3.05. The van der Waals surface area contributed by atoms with E-state index in [1.165, 1.54) is 0 Å². The fourth-order valence-corrected chi connectivity index (χ4v) is 4.00. The van der Waals surface area contributed by atoms with E-state index in [4.69, 9.17) is 21.4 Å². The van der Waals surface area contributed by atoms with Gasteiger partial charge in [0.25, 0.3) is 0 Å². The lowest BCUT2D eigenvalue weighted by Gasteiger charge is -2.37. The smallest absolute Gasteiger partial charge is 0.230 e. The minimum Gasteiger partial charge on any atom is -0.507 e. The van der Waals surface area contributed by atoms with Gasteiger partial charge in [-0.3, -0.25) is 4.98 Å². The number of nitrogens with zero attached hydrogens (tertiary/aromatic N) is 3. The van der Waals surface area contributed by atoms with Gasteiger partial charge < -0.3 is 9.84 Å². The van der Waals surface area contributed by atoms with Crippen molar-refractivity contribution in [2.24, 2.45) is 5.10 Å². The summed E-state index contributed by atoms with van der Waals surface area (Å²) in [6.45, 7) is 2.00. The molecule has 0 amide bonds. The van der Waals surface area contributed by atoms with Crippen LogP contribution in [0.3, 0.4) is 0 Å². The topological polar surface area (TPSA) is 58.0 Å². The Bertz CT molecular complexity index is 1080. The fraction of sp³-hybridized carbons (Fsp3) is 0.182. The highest BCUT2D eigenvalue weighted by Gasteiger charge is 2.42. The molecule has 0 bridgehead atoms. The summed E-state index contributed by atoms with van der Waals surface area (Å²) in [5.74, 6) is 1.01. The van der Waals surface area contributed by atoms with Gasteiger partial charge >= 0.3 is 0 Å². The lowest BCUT2D eigenvalue weighted by molar-refractivity contribution is -0.0218. The van der Waals surface area contributed by atoms with Crippen molar-refractivity contribution in [1.82, 2.24) is 9.99 Å². The van der Waals surface area contributed by atoms with Crippen molar-refractivity contribution >= 4 is 17.3 Å². The van der Waals surface area contributed by atoms with E-state index in [0.717, 1.165) is 33.8 Å². The molecular weight excluding hydrogens is 374 g/mol. The number of fused-ring (bicyclic) bond motifs is 3. The standard InChI is InChI=1S/C22H18ClN3O2/c1-13-5-7-20(27)15(10-13)18-12-19-16-11-14(23)6-8-21(16)28-22(26(19)25-18)17-4-2-3-9-24-17/h2-11,19,22,27H,12H2,1H3. The maximum absolute atomic E-state index is 10.4. The highest BCUT2D eigenvalue weighted by atomic mass is 35.5. The van der Waals surface area contributed by atoms with E-state index in [2.05, 4.69) is 4.98 Å². The number of benzene rings is 2. The van der Waals surface area contributed by atoms with Gasteiger partial charge in [-0.25, -0.2) is 5.01 Å². The Labute approximate surface area is 167 Å². The maximum atomic E-state index is 10.4. The molecule has 2 unspecified atom stereocenters. The van der Waals surface area contributed by atoms with E-state index in [1.807, 2.05) is 60.5 Å². The second kappa shape index (κ2) is 6.53. The molecule has 1 N–H and O–H groups in total. The molecule has 5 nitrogen and oxygen atoms in total. The first-order chi connectivity index (χ1) is 13.6. The van der Waals surface area contributed by atoms with E-state index in [1.54, 1.807) is 12.3 Å². The predicted octanol–water partition coefficient (Wildman–Crippen LogP) is 4.99. The van der Waals surface area contributed by atoms with Crippen LogP contribution in [0.15, 0.2) is 65.9 Å². The summed E-state index contributed by atoms with van der Waals surface area (Å²) >= 11 is 6.26. The fourth-order valence-electron chi connectivity index (χ4n) is 3.82. The number of pyridine rings is 1. The zero-order chi connectivity index (χ0) is 19.3. The molecule has 2 aromatic carbocycles. The first-order valence-electron chi connectivity index (χ1n) is 9.13. The third kappa shape index (κ3) is 2.79. The van der Waals surface area contributed by atoms with Gasteiger partial charge in [0.1, 0.15) is 17.2 Å². The Balaban J connectivity index is 1.63. The molecule has 28 heavy (non-hydrogen) atoms. The summed E-state index contributed by atoms with van der Waals surface area (Å²) < 4.78 is 6.26. The van der Waals surface area contributed by atoms with Crippen LogP contribution in [0.1, 0.15) is 41.1 Å². The number of aromatic hydroxyl groups is 1. The second-order valence-corrected chi connectivity index (χ2v) is 7.51. The number of phenolic OH excluding ortho intramolecular Hbond substituents is 1. The highest BCUT2D eigenvalue weighted by molar-refractivity contribution is 6.30. The van der Waals surface area contributed by atoms with Crippen LogP contribution in [0, 0.1) is 6.92 Å². The summed E-state index contributed by atoms with van der Waals surface area (Å²) in [6, 6.07) is 16.9. The molecule has 2 aliphatic heterocycles. The van der Waals surface area contributed by atoms with Crippen molar-refractivity contribution in [3.63, 3.8) is 0 Å². The van der Waals surface area contributed by atoms with Crippen LogP contribution >= 0.6 is 11.6 Å². The molecule has 5 rings (SSSR count). The summed E-state index contributed by atoms with van der Waals surface area (Å²) in [4.78, 5) is 4.47. The normalized spacial score (nSPS) is 20.2. The molecule has 140 valence electrons. The number of hydrogen-bond acceptors (Lipinski definition) is 5. The van der Waals surface area contributed by atoms with Crippen LogP contribution in [0.25, 0.3) is 0 Å². The molecule has 0 spiro atoms. The Morgan fingerprint density at radius 1 is 1.14 bits per heavy atom. The van der Waals surface area contributed by atoms with E-state index in [0.29, 0.717) is 11.4 Å². The lowest BCUT2D eigenvalue weighted by Crippen LogP contribution is -2.34. The number of aryl methyl sites for hydroxylation is 1. The second-order valence-electron chi connectivity index (χ2n) is 7.07. The van der Waals surface area contributed by atoms with Gasteiger partial charge in [0.2, 0.25) is 6.23 Å². The third-order valence-corrected chi connectivity index (χ3v) is 5.39. The Kier molecular flexibility index (Phi) is 3.98. The van der Waals surface area contributed by atoms with Crippen molar-refractivity contribution in [3.05, 3.63) is 88.2 Å². The number of ether oxygens (including phenoxy) is 1. The zero-order valence-electron chi connectivity index (χ0n) is 15.2. The first kappa shape index (κ1) is 17.1. The molecule has 2 aliphatic rings. The Morgan fingerprint density at radius 2 is 2.04 bits per heavy atom. The van der Waals surface area contributed by atoms with Crippen molar-refractivity contribution in [2.75, 3.05) is 0 Å². The SMILES string of the molecule is Cc1ccc(O)c(C2=NN3C(C2)c2cc(Cl)ccc2OC3c2ccccn2)c1. The average Bonchev–Trinajstić information content (AvgIpc) is 3.15. The van der Waals surface area contributed by atoms with Crippen LogP contribution in [0.5, 0.6) is 11.5 Å². The van der Waals surface area contributed by atoms with Crippen LogP contribution in [-0.2, 0) is 0 Å². The molecule has 2 atom stereocenters. The molecule has 0 aliphatic carbocycles. The molecule has 0 fully saturated rings. The van der Waals surface area contributed by atoms with Crippen LogP contribution in [-0.4, -0.2) is 20.8 Å². The quantitative estimate of drug-likeness (QED) is 0.668. The van der Waals surface area contributed by atoms with Gasteiger partial charge in [-0.1, -0.05) is 29.3 Å². The van der Waals surface area contributed by atoms with E-state index < -0.39 is 6.23 Å². The highest BCUT2D eigenvalue weighted by Crippen LogP contribution is 2.48. The van der Waals surface area contributed by atoms with E-state index in [-0.39, 0.29) is 11.8 Å². The summed E-state index contributed by atoms with van der Waals surface area (Å²) in [5.41, 5.74) is 4.42. The summed E-state index contributed by atoms with van der Waals surface area (Å²) in [7, 11) is 0. The largest absolute Gasteiger partial charge is 0.507 e. The molecule has 0 saturated heterocycles. The van der Waals surface area contributed by atoms with Gasteiger partial charge in [0, 0.05) is 28.8 Å². The van der Waals surface area contributed by atoms with Crippen LogP contribution < -0.4 is 4.74 Å². The van der Waals surface area contributed by atoms with Crippen LogP contribution in [0.2, 0.25) is 5.02 Å². The molecule has 3 heterocycles.